The van der Waals surface area contributed by atoms with E-state index in [2.05, 4.69) is 115 Å². The van der Waals surface area contributed by atoms with Crippen molar-refractivity contribution < 1.29 is 38.9 Å². The van der Waals surface area contributed by atoms with Crippen LogP contribution < -0.4 is 9.47 Å². The molecular formula is C42H55I3N11O7V. The number of carbonyl (C=O) groups excluding carboxylic acids is 1. The third-order valence-corrected chi connectivity index (χ3v) is 8.43. The van der Waals surface area contributed by atoms with Crippen LogP contribution in [0.25, 0.3) is 0 Å². The predicted molar refractivity (Wildman–Crippen MR) is 269 cm³/mol. The van der Waals surface area contributed by atoms with E-state index in [1.165, 1.54) is 6.21 Å². The number of hydrogen-bond acceptors (Lipinski definition) is 15. The van der Waals surface area contributed by atoms with Crippen molar-refractivity contribution in [1.29, 1.82) is 0 Å². The molecule has 0 aliphatic carbocycles. The molecule has 8 rings (SSSR count). The van der Waals surface area contributed by atoms with E-state index >= 15 is 0 Å². The fourth-order valence-electron chi connectivity index (χ4n) is 5.33. The van der Waals surface area contributed by atoms with Crippen molar-refractivity contribution in [2.24, 2.45) is 9.98 Å². The number of halogens is 3. The Balaban J connectivity index is 0.000000295. The standard InChI is InChI=1S/C14H16N4O2.C11H12N4O2.C11H13NO3.C4H6N2.2CH4.3HI.V/c1-9-12-11(8-19-14(2,3)20-12)10(6-17-9)7-18-13-15-4-5-16-13;1-7-10(17)9(6-16)8(4-14-7)5-15-11-12-2-3-13-11;1-7-10-9(8(5-13)4-12-7)6-14-11(2,3)15-10;1-4-5-2-3-6-4;;;;;;/h4-7H,8H2,1-3H3,(H,15,16);2-5,16-17H,6H2,1H3,(H,12,13);4-5H,6H2,1-3H3;2-3H,1H3,(H,5,6);2*1H4;3*1H;/q;;;;;;;;;+3/p-3. The van der Waals surface area contributed by atoms with Gasteiger partial charge in [-0.3, -0.25) is 19.7 Å². The van der Waals surface area contributed by atoms with E-state index in [9.17, 15) is 15.0 Å². The van der Waals surface area contributed by atoms with Gasteiger partial charge in [0.05, 0.1) is 36.9 Å². The molecule has 22 heteroatoms. The summed E-state index contributed by atoms with van der Waals surface area (Å²) in [5.74, 6) is 2.15. The van der Waals surface area contributed by atoms with Gasteiger partial charge in [0.1, 0.15) is 11.6 Å². The number of aryl methyl sites for hydroxylation is 4. The molecule has 8 heterocycles. The third kappa shape index (κ3) is 17.5. The normalized spacial score (nSPS) is 13.8. The number of nitrogens with zero attached hydrogens (tertiary/aromatic N) is 8. The monoisotopic (exact) mass is 1260 g/mol. The first kappa shape index (κ1) is 56.3. The van der Waals surface area contributed by atoms with Crippen molar-refractivity contribution in [1.82, 2.24) is 44.9 Å². The summed E-state index contributed by atoms with van der Waals surface area (Å²) in [6.07, 6.45) is 19.0. The number of aliphatic imine (C=N–C) groups is 2. The number of rotatable bonds is 6. The van der Waals surface area contributed by atoms with Crippen LogP contribution in [0.1, 0.15) is 104 Å². The first-order chi connectivity index (χ1) is 29.4. The zero-order chi connectivity index (χ0) is 45.5. The van der Waals surface area contributed by atoms with E-state index in [0.29, 0.717) is 53.2 Å². The molecule has 0 radical (unpaired) electrons. The second-order valence-electron chi connectivity index (χ2n) is 13.9. The molecule has 2 aliphatic heterocycles. The van der Waals surface area contributed by atoms with Crippen LogP contribution >= 0.6 is 59.9 Å². The van der Waals surface area contributed by atoms with Gasteiger partial charge in [-0.2, -0.15) is 0 Å². The summed E-state index contributed by atoms with van der Waals surface area (Å²) in [6, 6.07) is 0. The van der Waals surface area contributed by atoms with Crippen molar-refractivity contribution in [2.75, 3.05) is 0 Å². The van der Waals surface area contributed by atoms with Crippen molar-refractivity contribution in [3.05, 3.63) is 112 Å². The van der Waals surface area contributed by atoms with Gasteiger partial charge in [-0.25, -0.2) is 24.9 Å². The second kappa shape index (κ2) is 26.9. The summed E-state index contributed by atoms with van der Waals surface area (Å²) in [5, 5.41) is 18.9. The molecule has 0 spiro atoms. The number of ether oxygens (including phenoxy) is 4. The van der Waals surface area contributed by atoms with Crippen LogP contribution in [-0.2, 0) is 34.2 Å². The number of pyridine rings is 3. The number of aromatic amines is 3. The number of aliphatic hydroxyl groups is 1. The number of carbonyl (C=O) groups is 1. The van der Waals surface area contributed by atoms with E-state index in [0.717, 1.165) is 45.9 Å². The van der Waals surface area contributed by atoms with E-state index in [4.69, 9.17) is 18.9 Å². The van der Waals surface area contributed by atoms with Crippen LogP contribution in [0, 0.1) is 27.7 Å². The number of fused-ring (bicyclic) bond motifs is 2. The van der Waals surface area contributed by atoms with Gasteiger partial charge in [0.2, 0.25) is 23.5 Å². The van der Waals surface area contributed by atoms with Gasteiger partial charge in [-0.1, -0.05) is 14.9 Å². The molecule has 18 nitrogen and oxygen atoms in total. The Labute approximate surface area is 411 Å². The maximum atomic E-state index is 10.8. The minimum absolute atomic E-state index is 0. The van der Waals surface area contributed by atoms with Crippen LogP contribution in [0.2, 0.25) is 0 Å². The van der Waals surface area contributed by atoms with Crippen LogP contribution in [0.4, 0.5) is 11.9 Å². The number of nitrogens with one attached hydrogen (secondary N) is 3. The van der Waals surface area contributed by atoms with Gasteiger partial charge in [0.15, 0.2) is 17.8 Å². The van der Waals surface area contributed by atoms with Gasteiger partial charge in [-0.05, 0) is 27.7 Å². The molecule has 346 valence electrons. The molecule has 0 aromatic carbocycles. The molecule has 6 aromatic rings. The number of hydrogen-bond donors (Lipinski definition) is 5. The average Bonchev–Trinajstić information content (AvgIpc) is 4.05. The van der Waals surface area contributed by atoms with Crippen molar-refractivity contribution in [2.45, 2.75) is 102 Å². The van der Waals surface area contributed by atoms with Gasteiger partial charge in [0.25, 0.3) is 0 Å². The molecule has 0 bridgehead atoms. The summed E-state index contributed by atoms with van der Waals surface area (Å²) in [7, 11) is 0. The van der Waals surface area contributed by atoms with Crippen LogP contribution in [0.3, 0.4) is 0 Å². The maximum absolute atomic E-state index is 10.8. The molecule has 5 N–H and O–H groups in total. The minimum atomic E-state index is -0.652. The molecule has 0 atom stereocenters. The van der Waals surface area contributed by atoms with Crippen LogP contribution in [-0.4, -0.2) is 85.4 Å². The number of aromatic nitrogens is 9. The Kier molecular flexibility index (Phi) is 23.7. The summed E-state index contributed by atoms with van der Waals surface area (Å²) >= 11 is 7.39. The Hall–Kier alpha value is -3.86. The molecule has 0 saturated carbocycles. The average molecular weight is 1260 g/mol. The fraction of sp³-hybridized carbons (Fsp3) is 0.357. The molecule has 2 aliphatic rings. The van der Waals surface area contributed by atoms with Gasteiger partial charge in [0, 0.05) is 129 Å². The predicted octanol–water partition coefficient (Wildman–Crippen LogP) is 10.1. The molecular weight excluding hydrogens is 1200 g/mol. The van der Waals surface area contributed by atoms with Gasteiger partial charge >= 0.3 is 64.9 Å². The zero-order valence-corrected chi connectivity index (χ0v) is 43.0. The summed E-state index contributed by atoms with van der Waals surface area (Å²) in [4.78, 5) is 51.8. The van der Waals surface area contributed by atoms with Crippen molar-refractivity contribution in [3.8, 4) is 17.2 Å². The van der Waals surface area contributed by atoms with E-state index in [-0.39, 0.29) is 32.1 Å². The fourth-order valence-corrected chi connectivity index (χ4v) is 5.33. The summed E-state index contributed by atoms with van der Waals surface area (Å²) in [6.45, 7) is 15.4. The van der Waals surface area contributed by atoms with E-state index in [1.807, 2.05) is 48.5 Å². The van der Waals surface area contributed by atoms with E-state index in [1.54, 1.807) is 68.9 Å². The number of aldehydes is 1. The molecule has 64 heavy (non-hydrogen) atoms. The topological polar surface area (TPSA) is 244 Å². The number of aliphatic hydroxyl groups excluding tert-OH is 1. The van der Waals surface area contributed by atoms with Crippen LogP contribution in [0.15, 0.2) is 65.8 Å². The Morgan fingerprint density at radius 2 is 1.11 bits per heavy atom. The Morgan fingerprint density at radius 1 is 0.688 bits per heavy atom. The van der Waals surface area contributed by atoms with Crippen LogP contribution in [0.5, 0.6) is 17.2 Å². The first-order valence-corrected chi connectivity index (χ1v) is 32.1. The van der Waals surface area contributed by atoms with E-state index < -0.39 is 11.6 Å². The second-order valence-corrected chi connectivity index (χ2v) is 49.3. The van der Waals surface area contributed by atoms with Crippen molar-refractivity contribution >= 4 is 90.5 Å². The first-order valence-electron chi connectivity index (χ1n) is 18.6. The molecule has 0 fully saturated rings. The Morgan fingerprint density at radius 3 is 1.52 bits per heavy atom. The molecule has 6 aromatic heterocycles. The van der Waals surface area contributed by atoms with Gasteiger partial charge < -0.3 is 44.1 Å². The molecule has 0 unspecified atom stereocenters. The molecule has 0 amide bonds. The third-order valence-electron chi connectivity index (χ3n) is 8.43. The summed E-state index contributed by atoms with van der Waals surface area (Å²) in [5.41, 5.74) is 6.25. The van der Waals surface area contributed by atoms with Gasteiger partial charge in [-0.15, -0.1) is 0 Å². The number of imidazole rings is 3. The SMILES string of the molecule is C.C.Cc1ncc(C=Nc2ncc[nH]2)c(CO)c1O.Cc1ncc(C=Nc2ncc[nH]2)c2c1OC(C)(C)OC2.Cc1ncc(C=O)c2c1OC(C)(C)OC2.Cc1ncc[nH]1.[I][V]([I])[I]. The zero-order valence-electron chi connectivity index (χ0n) is 35.1. The number of H-pyrrole nitrogens is 3. The van der Waals surface area contributed by atoms with Crippen molar-refractivity contribution in [3.63, 3.8) is 0 Å². The summed E-state index contributed by atoms with van der Waals surface area (Å²) < 4.78 is 22.7. The Bertz CT molecular complexity index is 2400. The number of aromatic hydroxyl groups is 1. The molecule has 0 saturated heterocycles. The quantitative estimate of drug-likeness (QED) is 0.0593.